The van der Waals surface area contributed by atoms with Gasteiger partial charge in [-0.15, -0.1) is 0 Å². The summed E-state index contributed by atoms with van der Waals surface area (Å²) in [6.07, 6.45) is 0.695. The number of carbonyl (C=O) groups excluding carboxylic acids is 1. The molecule has 0 aliphatic carbocycles. The Hall–Kier alpha value is -1.71. The van der Waals surface area contributed by atoms with E-state index in [-0.39, 0.29) is 17.5 Å². The van der Waals surface area contributed by atoms with Crippen molar-refractivity contribution in [2.24, 2.45) is 5.41 Å². The first-order chi connectivity index (χ1) is 7.90. The second-order valence-electron chi connectivity index (χ2n) is 4.46. The highest BCUT2D eigenvalue weighted by atomic mass is 16.5. The van der Waals surface area contributed by atoms with Crippen LogP contribution in [0.15, 0.2) is 18.2 Å². The van der Waals surface area contributed by atoms with Gasteiger partial charge < -0.3 is 14.6 Å². The molecule has 0 spiro atoms. The van der Waals surface area contributed by atoms with Gasteiger partial charge in [0, 0.05) is 6.07 Å². The fourth-order valence-corrected chi connectivity index (χ4v) is 1.11. The molecule has 0 bridgehead atoms. The third-order valence-corrected chi connectivity index (χ3v) is 2.80. The number of phenolic OH excluding ortho intramolecular Hbond substituents is 1. The maximum absolute atomic E-state index is 11.8. The van der Waals surface area contributed by atoms with Gasteiger partial charge in [-0.25, -0.2) is 0 Å². The van der Waals surface area contributed by atoms with E-state index in [1.165, 1.54) is 25.3 Å². The minimum Gasteiger partial charge on any atom is -0.504 e. The summed E-state index contributed by atoms with van der Waals surface area (Å²) in [7, 11) is 1.44. The lowest BCUT2D eigenvalue weighted by Gasteiger charge is -2.20. The Labute approximate surface area is 101 Å². The molecule has 1 N–H and O–H groups in total. The number of methoxy groups -OCH3 is 1. The number of hydrogen-bond donors (Lipinski definition) is 1. The third kappa shape index (κ3) is 3.12. The first-order valence-electron chi connectivity index (χ1n) is 5.50. The predicted molar refractivity (Wildman–Crippen MR) is 64.4 cm³/mol. The number of rotatable bonds is 4. The monoisotopic (exact) mass is 238 g/mol. The molecule has 0 aromatic heterocycles. The maximum Gasteiger partial charge on any atom is 0.316 e. The van der Waals surface area contributed by atoms with Crippen LogP contribution in [-0.4, -0.2) is 18.2 Å². The largest absolute Gasteiger partial charge is 0.504 e. The lowest BCUT2D eigenvalue weighted by molar-refractivity contribution is -0.144. The smallest absolute Gasteiger partial charge is 0.316 e. The quantitative estimate of drug-likeness (QED) is 0.647. The summed E-state index contributed by atoms with van der Waals surface area (Å²) in [5, 5.41) is 9.41. The van der Waals surface area contributed by atoms with Gasteiger partial charge in [0.05, 0.1) is 12.5 Å². The van der Waals surface area contributed by atoms with E-state index in [1.54, 1.807) is 0 Å². The van der Waals surface area contributed by atoms with Gasteiger partial charge in [-0.1, -0.05) is 6.92 Å². The molecule has 1 aromatic carbocycles. The fourth-order valence-electron chi connectivity index (χ4n) is 1.11. The summed E-state index contributed by atoms with van der Waals surface area (Å²) < 4.78 is 10.2. The summed E-state index contributed by atoms with van der Waals surface area (Å²) in [4.78, 5) is 11.8. The molecule has 0 atom stereocenters. The molecular weight excluding hydrogens is 220 g/mol. The van der Waals surface area contributed by atoms with E-state index in [2.05, 4.69) is 0 Å². The van der Waals surface area contributed by atoms with Crippen molar-refractivity contribution >= 4 is 5.97 Å². The van der Waals surface area contributed by atoms with E-state index < -0.39 is 5.41 Å². The van der Waals surface area contributed by atoms with Crippen LogP contribution in [0.3, 0.4) is 0 Å². The van der Waals surface area contributed by atoms with Gasteiger partial charge in [0.2, 0.25) is 0 Å². The third-order valence-electron chi connectivity index (χ3n) is 2.80. The number of esters is 1. The number of benzene rings is 1. The normalized spacial score (nSPS) is 11.1. The van der Waals surface area contributed by atoms with Crippen molar-refractivity contribution in [3.63, 3.8) is 0 Å². The topological polar surface area (TPSA) is 55.8 Å². The molecule has 0 heterocycles. The highest BCUT2D eigenvalue weighted by molar-refractivity contribution is 5.78. The molecule has 0 amide bonds. The van der Waals surface area contributed by atoms with Gasteiger partial charge in [0.25, 0.3) is 0 Å². The van der Waals surface area contributed by atoms with Gasteiger partial charge in [0.15, 0.2) is 11.5 Å². The van der Waals surface area contributed by atoms with Crippen molar-refractivity contribution in [3.8, 4) is 17.2 Å². The van der Waals surface area contributed by atoms with Gasteiger partial charge in [0.1, 0.15) is 5.75 Å². The SMILES string of the molecule is CCC(C)(C)C(=O)Oc1ccc(O)c(OC)c1. The number of hydrogen-bond acceptors (Lipinski definition) is 4. The van der Waals surface area contributed by atoms with Gasteiger partial charge in [-0.05, 0) is 32.4 Å². The predicted octanol–water partition coefficient (Wildman–Crippen LogP) is 2.74. The van der Waals surface area contributed by atoms with Gasteiger partial charge in [-0.3, -0.25) is 4.79 Å². The molecule has 0 aliphatic rings. The highest BCUT2D eigenvalue weighted by Crippen LogP contribution is 2.31. The highest BCUT2D eigenvalue weighted by Gasteiger charge is 2.27. The van der Waals surface area contributed by atoms with Crippen molar-refractivity contribution in [1.29, 1.82) is 0 Å². The van der Waals surface area contributed by atoms with Crippen molar-refractivity contribution in [1.82, 2.24) is 0 Å². The standard InChI is InChI=1S/C13H18O4/c1-5-13(2,3)12(15)17-9-6-7-10(14)11(8-9)16-4/h6-8,14H,5H2,1-4H3. The Morgan fingerprint density at radius 1 is 1.41 bits per heavy atom. The minimum absolute atomic E-state index is 0.0158. The molecule has 94 valence electrons. The molecule has 4 nitrogen and oxygen atoms in total. The Balaban J connectivity index is 2.86. The molecule has 17 heavy (non-hydrogen) atoms. The molecule has 0 saturated heterocycles. The zero-order valence-corrected chi connectivity index (χ0v) is 10.6. The van der Waals surface area contributed by atoms with Crippen molar-refractivity contribution in [2.75, 3.05) is 7.11 Å². The molecule has 4 heteroatoms. The van der Waals surface area contributed by atoms with Crippen LogP contribution in [-0.2, 0) is 4.79 Å². The summed E-state index contributed by atoms with van der Waals surface area (Å²) in [6.45, 7) is 5.58. The Kier molecular flexibility index (Phi) is 3.99. The zero-order chi connectivity index (χ0) is 13.1. The first kappa shape index (κ1) is 13.4. The maximum atomic E-state index is 11.8. The van der Waals surface area contributed by atoms with Gasteiger partial charge in [-0.2, -0.15) is 0 Å². The van der Waals surface area contributed by atoms with E-state index in [1.807, 2.05) is 20.8 Å². The average molecular weight is 238 g/mol. The molecule has 0 aliphatic heterocycles. The molecule has 1 aromatic rings. The van der Waals surface area contributed by atoms with Crippen molar-refractivity contribution in [3.05, 3.63) is 18.2 Å². The minimum atomic E-state index is -0.523. The molecule has 1 rings (SSSR count). The Morgan fingerprint density at radius 2 is 2.06 bits per heavy atom. The Morgan fingerprint density at radius 3 is 2.59 bits per heavy atom. The second kappa shape index (κ2) is 5.08. The average Bonchev–Trinajstić information content (AvgIpc) is 2.31. The molecule has 0 fully saturated rings. The summed E-state index contributed by atoms with van der Waals surface area (Å²) in [5.74, 6) is 0.366. The lowest BCUT2D eigenvalue weighted by Crippen LogP contribution is -2.28. The summed E-state index contributed by atoms with van der Waals surface area (Å²) >= 11 is 0. The van der Waals surface area contributed by atoms with E-state index in [4.69, 9.17) is 9.47 Å². The van der Waals surface area contributed by atoms with E-state index in [0.717, 1.165) is 0 Å². The van der Waals surface area contributed by atoms with Crippen LogP contribution >= 0.6 is 0 Å². The van der Waals surface area contributed by atoms with Gasteiger partial charge >= 0.3 is 5.97 Å². The fraction of sp³-hybridized carbons (Fsp3) is 0.462. The van der Waals surface area contributed by atoms with Crippen LogP contribution in [0.1, 0.15) is 27.2 Å². The van der Waals surface area contributed by atoms with Crippen LogP contribution in [0, 0.1) is 5.41 Å². The second-order valence-corrected chi connectivity index (χ2v) is 4.46. The van der Waals surface area contributed by atoms with Crippen LogP contribution in [0.4, 0.5) is 0 Å². The summed E-state index contributed by atoms with van der Waals surface area (Å²) in [6, 6.07) is 4.45. The molecule has 0 unspecified atom stereocenters. The molecule has 0 saturated carbocycles. The number of ether oxygens (including phenoxy) is 2. The number of aromatic hydroxyl groups is 1. The van der Waals surface area contributed by atoms with Crippen LogP contribution in [0.25, 0.3) is 0 Å². The molecular formula is C13H18O4. The number of phenols is 1. The Bertz CT molecular complexity index is 410. The van der Waals surface area contributed by atoms with Crippen LogP contribution in [0.2, 0.25) is 0 Å². The summed E-state index contributed by atoms with van der Waals surface area (Å²) in [5.41, 5.74) is -0.523. The van der Waals surface area contributed by atoms with E-state index in [0.29, 0.717) is 12.2 Å². The van der Waals surface area contributed by atoms with Crippen molar-refractivity contribution in [2.45, 2.75) is 27.2 Å². The van der Waals surface area contributed by atoms with Crippen molar-refractivity contribution < 1.29 is 19.4 Å². The first-order valence-corrected chi connectivity index (χ1v) is 5.50. The lowest BCUT2D eigenvalue weighted by atomic mass is 9.91. The van der Waals surface area contributed by atoms with Crippen LogP contribution in [0.5, 0.6) is 17.2 Å². The van der Waals surface area contributed by atoms with E-state index >= 15 is 0 Å². The van der Waals surface area contributed by atoms with E-state index in [9.17, 15) is 9.90 Å². The van der Waals surface area contributed by atoms with Crippen LogP contribution < -0.4 is 9.47 Å². The number of carbonyl (C=O) groups is 1. The zero-order valence-electron chi connectivity index (χ0n) is 10.6. The molecule has 0 radical (unpaired) electrons.